The van der Waals surface area contributed by atoms with Crippen LogP contribution in [0.1, 0.15) is 18.1 Å². The Balaban J connectivity index is 2.04. The van der Waals surface area contributed by atoms with Crippen molar-refractivity contribution in [3.8, 4) is 0 Å². The molecule has 0 spiro atoms. The predicted octanol–water partition coefficient (Wildman–Crippen LogP) is 1.18. The number of nitrogens with one attached hydrogen (secondary N) is 1. The standard InChI is InChI=1S/C12H19N3/c1-10-3-4-13-8-12(10)9-15-6-5-14-7-11(15)2/h3-4,8,11,14H,5-7,9H2,1-2H3. The van der Waals surface area contributed by atoms with Gasteiger partial charge in [-0.2, -0.15) is 0 Å². The molecule has 3 heteroatoms. The number of aromatic nitrogens is 1. The van der Waals surface area contributed by atoms with Gasteiger partial charge in [0, 0.05) is 44.6 Å². The fraction of sp³-hybridized carbons (Fsp3) is 0.583. The summed E-state index contributed by atoms with van der Waals surface area (Å²) in [6, 6.07) is 2.71. The first-order valence-corrected chi connectivity index (χ1v) is 5.61. The van der Waals surface area contributed by atoms with Crippen molar-refractivity contribution in [1.29, 1.82) is 0 Å². The van der Waals surface area contributed by atoms with E-state index in [-0.39, 0.29) is 0 Å². The molecule has 0 bridgehead atoms. The zero-order chi connectivity index (χ0) is 10.7. The molecule has 0 aromatic carbocycles. The zero-order valence-electron chi connectivity index (χ0n) is 9.53. The molecular formula is C12H19N3. The lowest BCUT2D eigenvalue weighted by molar-refractivity contribution is 0.165. The van der Waals surface area contributed by atoms with Crippen LogP contribution in [0.5, 0.6) is 0 Å². The summed E-state index contributed by atoms with van der Waals surface area (Å²) in [4.78, 5) is 6.71. The summed E-state index contributed by atoms with van der Waals surface area (Å²) in [5.74, 6) is 0. The van der Waals surface area contributed by atoms with Crippen LogP contribution in [0.4, 0.5) is 0 Å². The molecule has 1 aromatic rings. The van der Waals surface area contributed by atoms with E-state index < -0.39 is 0 Å². The van der Waals surface area contributed by atoms with E-state index in [0.717, 1.165) is 26.2 Å². The molecule has 1 aliphatic heterocycles. The number of piperazine rings is 1. The van der Waals surface area contributed by atoms with Crippen molar-refractivity contribution in [2.45, 2.75) is 26.4 Å². The van der Waals surface area contributed by atoms with Gasteiger partial charge in [-0.05, 0) is 31.0 Å². The molecule has 15 heavy (non-hydrogen) atoms. The van der Waals surface area contributed by atoms with Gasteiger partial charge in [0.05, 0.1) is 0 Å². The maximum absolute atomic E-state index is 4.19. The minimum atomic E-state index is 0.623. The SMILES string of the molecule is Cc1ccncc1CN1CCNCC1C. The van der Waals surface area contributed by atoms with Crippen LogP contribution in [0.15, 0.2) is 18.5 Å². The average Bonchev–Trinajstić information content (AvgIpc) is 2.24. The van der Waals surface area contributed by atoms with Gasteiger partial charge in [0.2, 0.25) is 0 Å². The Morgan fingerprint density at radius 3 is 3.20 bits per heavy atom. The largest absolute Gasteiger partial charge is 0.314 e. The molecule has 1 unspecified atom stereocenters. The van der Waals surface area contributed by atoms with E-state index in [1.54, 1.807) is 0 Å². The van der Waals surface area contributed by atoms with E-state index in [9.17, 15) is 0 Å². The highest BCUT2D eigenvalue weighted by molar-refractivity contribution is 5.21. The molecule has 0 saturated carbocycles. The summed E-state index contributed by atoms with van der Waals surface area (Å²) in [6.07, 6.45) is 3.85. The molecule has 0 radical (unpaired) electrons. The van der Waals surface area contributed by atoms with Crippen LogP contribution in [-0.2, 0) is 6.54 Å². The van der Waals surface area contributed by atoms with Crippen LogP contribution in [0.2, 0.25) is 0 Å². The lowest BCUT2D eigenvalue weighted by Crippen LogP contribution is -2.49. The fourth-order valence-electron chi connectivity index (χ4n) is 2.00. The molecule has 1 aliphatic rings. The van der Waals surface area contributed by atoms with Crippen molar-refractivity contribution in [2.24, 2.45) is 0 Å². The van der Waals surface area contributed by atoms with Crippen LogP contribution in [-0.4, -0.2) is 35.6 Å². The molecule has 1 fully saturated rings. The number of nitrogens with zero attached hydrogens (tertiary/aromatic N) is 2. The third kappa shape index (κ3) is 2.55. The highest BCUT2D eigenvalue weighted by atomic mass is 15.2. The Morgan fingerprint density at radius 2 is 2.47 bits per heavy atom. The van der Waals surface area contributed by atoms with Crippen LogP contribution in [0.3, 0.4) is 0 Å². The second-order valence-electron chi connectivity index (χ2n) is 4.33. The van der Waals surface area contributed by atoms with Gasteiger partial charge < -0.3 is 5.32 Å². The van der Waals surface area contributed by atoms with Crippen LogP contribution in [0.25, 0.3) is 0 Å². The highest BCUT2D eigenvalue weighted by Crippen LogP contribution is 2.12. The Labute approximate surface area is 91.5 Å². The fourth-order valence-corrected chi connectivity index (χ4v) is 2.00. The third-order valence-corrected chi connectivity index (χ3v) is 3.16. The third-order valence-electron chi connectivity index (χ3n) is 3.16. The molecule has 2 rings (SSSR count). The first-order valence-electron chi connectivity index (χ1n) is 5.61. The van der Waals surface area contributed by atoms with E-state index in [2.05, 4.69) is 35.1 Å². The van der Waals surface area contributed by atoms with Gasteiger partial charge in [0.1, 0.15) is 0 Å². The van der Waals surface area contributed by atoms with Gasteiger partial charge >= 0.3 is 0 Å². The zero-order valence-corrected chi connectivity index (χ0v) is 9.53. The molecule has 0 amide bonds. The number of pyridine rings is 1. The van der Waals surface area contributed by atoms with Crippen LogP contribution >= 0.6 is 0 Å². The number of rotatable bonds is 2. The lowest BCUT2D eigenvalue weighted by atomic mass is 10.1. The Hall–Kier alpha value is -0.930. The Bertz CT molecular complexity index is 324. The minimum absolute atomic E-state index is 0.623. The smallest absolute Gasteiger partial charge is 0.0315 e. The minimum Gasteiger partial charge on any atom is -0.314 e. The van der Waals surface area contributed by atoms with Gasteiger partial charge in [0.15, 0.2) is 0 Å². The molecule has 1 N–H and O–H groups in total. The highest BCUT2D eigenvalue weighted by Gasteiger charge is 2.18. The van der Waals surface area contributed by atoms with E-state index in [1.165, 1.54) is 11.1 Å². The maximum atomic E-state index is 4.19. The molecule has 1 aromatic heterocycles. The van der Waals surface area contributed by atoms with Crippen molar-refractivity contribution in [3.63, 3.8) is 0 Å². The monoisotopic (exact) mass is 205 g/mol. The van der Waals surface area contributed by atoms with Crippen molar-refractivity contribution in [1.82, 2.24) is 15.2 Å². The van der Waals surface area contributed by atoms with Crippen molar-refractivity contribution < 1.29 is 0 Å². The number of hydrogen-bond donors (Lipinski definition) is 1. The second-order valence-corrected chi connectivity index (χ2v) is 4.33. The number of aryl methyl sites for hydroxylation is 1. The summed E-state index contributed by atoms with van der Waals surface area (Å²) in [7, 11) is 0. The molecular weight excluding hydrogens is 186 g/mol. The van der Waals surface area contributed by atoms with E-state index in [1.807, 2.05) is 12.4 Å². The van der Waals surface area contributed by atoms with Crippen molar-refractivity contribution >= 4 is 0 Å². The van der Waals surface area contributed by atoms with E-state index >= 15 is 0 Å². The topological polar surface area (TPSA) is 28.2 Å². The quantitative estimate of drug-likeness (QED) is 0.786. The second kappa shape index (κ2) is 4.73. The van der Waals surface area contributed by atoms with Crippen molar-refractivity contribution in [2.75, 3.05) is 19.6 Å². The van der Waals surface area contributed by atoms with Crippen LogP contribution < -0.4 is 5.32 Å². The van der Waals surface area contributed by atoms with Gasteiger partial charge in [-0.1, -0.05) is 0 Å². The predicted molar refractivity (Wildman–Crippen MR) is 61.7 cm³/mol. The van der Waals surface area contributed by atoms with Crippen molar-refractivity contribution in [3.05, 3.63) is 29.6 Å². The maximum Gasteiger partial charge on any atom is 0.0315 e. The average molecular weight is 205 g/mol. The normalized spacial score (nSPS) is 22.9. The summed E-state index contributed by atoms with van der Waals surface area (Å²) < 4.78 is 0. The lowest BCUT2D eigenvalue weighted by Gasteiger charge is -2.34. The molecule has 0 aliphatic carbocycles. The summed E-state index contributed by atoms with van der Waals surface area (Å²) >= 11 is 0. The summed E-state index contributed by atoms with van der Waals surface area (Å²) in [5.41, 5.74) is 2.70. The first-order chi connectivity index (χ1) is 7.27. The Morgan fingerprint density at radius 1 is 1.60 bits per heavy atom. The summed E-state index contributed by atoms with van der Waals surface area (Å²) in [6.45, 7) is 8.79. The molecule has 1 atom stereocenters. The van der Waals surface area contributed by atoms with E-state index in [0.29, 0.717) is 6.04 Å². The van der Waals surface area contributed by atoms with E-state index in [4.69, 9.17) is 0 Å². The molecule has 82 valence electrons. The molecule has 3 nitrogen and oxygen atoms in total. The van der Waals surface area contributed by atoms with Gasteiger partial charge in [-0.3, -0.25) is 9.88 Å². The van der Waals surface area contributed by atoms with Gasteiger partial charge in [-0.25, -0.2) is 0 Å². The Kier molecular flexibility index (Phi) is 3.34. The summed E-state index contributed by atoms with van der Waals surface area (Å²) in [5, 5.41) is 3.41. The first kappa shape index (κ1) is 10.6. The number of hydrogen-bond acceptors (Lipinski definition) is 3. The van der Waals surface area contributed by atoms with Crippen LogP contribution in [0, 0.1) is 6.92 Å². The molecule has 1 saturated heterocycles. The van der Waals surface area contributed by atoms with Gasteiger partial charge in [0.25, 0.3) is 0 Å². The molecule has 2 heterocycles. The van der Waals surface area contributed by atoms with Gasteiger partial charge in [-0.15, -0.1) is 0 Å².